The molecule has 5 rings (SSSR count). The third kappa shape index (κ3) is 4.79. The van der Waals surface area contributed by atoms with Crippen molar-refractivity contribution >= 4 is 34.1 Å². The van der Waals surface area contributed by atoms with Gasteiger partial charge in [0.2, 0.25) is 0 Å². The summed E-state index contributed by atoms with van der Waals surface area (Å²) >= 11 is 5.78. The number of nitrogens with one attached hydrogen (secondary N) is 1. The van der Waals surface area contributed by atoms with E-state index >= 15 is 0 Å². The minimum Gasteiger partial charge on any atom is -0.497 e. The van der Waals surface area contributed by atoms with Crippen molar-refractivity contribution in [3.05, 3.63) is 67.3 Å². The van der Waals surface area contributed by atoms with Gasteiger partial charge in [-0.3, -0.25) is 4.90 Å². The summed E-state index contributed by atoms with van der Waals surface area (Å²) in [6, 6.07) is 17.8. The average Bonchev–Trinajstić information content (AvgIpc) is 3.52. The second-order valence-corrected chi connectivity index (χ2v) is 10.1. The second-order valence-electron chi connectivity index (χ2n) is 9.68. The molecule has 0 amide bonds. The van der Waals surface area contributed by atoms with E-state index in [2.05, 4.69) is 16.8 Å². The van der Waals surface area contributed by atoms with Crippen molar-refractivity contribution in [2.75, 3.05) is 27.8 Å². The van der Waals surface area contributed by atoms with Gasteiger partial charge in [0, 0.05) is 42.0 Å². The second kappa shape index (κ2) is 10.1. The molecule has 1 N–H and O–H groups in total. The third-order valence-electron chi connectivity index (χ3n) is 7.35. The standard InChI is InChI=1S/C29H31N3O4S/c1-5-19-16-29(19,28(33)35-4)31-27(37)25-14-21(17-32(25)2)36-26-15-23(18-9-7-6-8-10-18)30-24-13-20(34-3)11-12-22(24)26/h5-13,15,19,21,25H,1,14,16-17H2,2-4H3,(H,31,37)/t19?,21-,25+,29-/m1/s1. The summed E-state index contributed by atoms with van der Waals surface area (Å²) < 4.78 is 17.1. The van der Waals surface area contributed by atoms with E-state index in [9.17, 15) is 4.79 Å². The van der Waals surface area contributed by atoms with E-state index in [1.807, 2.05) is 61.6 Å². The summed E-state index contributed by atoms with van der Waals surface area (Å²) in [5, 5.41) is 4.23. The van der Waals surface area contributed by atoms with E-state index in [-0.39, 0.29) is 24.0 Å². The fourth-order valence-electron chi connectivity index (χ4n) is 5.17. The Morgan fingerprint density at radius 3 is 2.68 bits per heavy atom. The van der Waals surface area contributed by atoms with Crippen molar-refractivity contribution in [2.45, 2.75) is 30.5 Å². The number of hydrogen-bond acceptors (Lipinski definition) is 7. The third-order valence-corrected chi connectivity index (χ3v) is 7.72. The molecule has 0 bridgehead atoms. The van der Waals surface area contributed by atoms with Crippen LogP contribution in [0, 0.1) is 5.92 Å². The molecule has 37 heavy (non-hydrogen) atoms. The Kier molecular flexibility index (Phi) is 6.88. The fraction of sp³-hybridized carbons (Fsp3) is 0.345. The van der Waals surface area contributed by atoms with Gasteiger partial charge >= 0.3 is 5.97 Å². The molecule has 2 aliphatic rings. The summed E-state index contributed by atoms with van der Waals surface area (Å²) in [6.07, 6.45) is 3.02. The molecule has 1 saturated heterocycles. The van der Waals surface area contributed by atoms with Crippen LogP contribution in [-0.4, -0.2) is 66.3 Å². The van der Waals surface area contributed by atoms with E-state index in [0.717, 1.165) is 33.7 Å². The van der Waals surface area contributed by atoms with Crippen molar-refractivity contribution < 1.29 is 19.0 Å². The number of carbonyl (C=O) groups excluding carboxylic acids is 1. The van der Waals surface area contributed by atoms with E-state index in [1.54, 1.807) is 13.2 Å². The predicted molar refractivity (Wildman–Crippen MR) is 148 cm³/mol. The number of ether oxygens (including phenoxy) is 3. The molecule has 3 aromatic rings. The van der Waals surface area contributed by atoms with Gasteiger partial charge in [0.05, 0.1) is 36.5 Å². The van der Waals surface area contributed by atoms with Gasteiger partial charge in [-0.05, 0) is 25.6 Å². The first-order valence-corrected chi connectivity index (χ1v) is 12.7. The van der Waals surface area contributed by atoms with Crippen molar-refractivity contribution in [3.8, 4) is 22.8 Å². The highest BCUT2D eigenvalue weighted by Gasteiger charge is 2.61. The number of esters is 1. The van der Waals surface area contributed by atoms with Crippen LogP contribution in [0.4, 0.5) is 0 Å². The average molecular weight is 518 g/mol. The number of fused-ring (bicyclic) bond motifs is 1. The van der Waals surface area contributed by atoms with Gasteiger partial charge in [0.15, 0.2) is 0 Å². The number of pyridine rings is 1. The molecule has 1 aliphatic carbocycles. The van der Waals surface area contributed by atoms with Gasteiger partial charge in [0.1, 0.15) is 23.1 Å². The Morgan fingerprint density at radius 1 is 1.22 bits per heavy atom. The highest BCUT2D eigenvalue weighted by atomic mass is 32.1. The van der Waals surface area contributed by atoms with Crippen LogP contribution in [-0.2, 0) is 9.53 Å². The molecular weight excluding hydrogens is 486 g/mol. The van der Waals surface area contributed by atoms with Crippen LogP contribution in [0.25, 0.3) is 22.2 Å². The fourth-order valence-corrected chi connectivity index (χ4v) is 5.63. The largest absolute Gasteiger partial charge is 0.497 e. The lowest BCUT2D eigenvalue weighted by molar-refractivity contribution is -0.144. The first kappa shape index (κ1) is 25.2. The number of rotatable bonds is 8. The zero-order valence-electron chi connectivity index (χ0n) is 21.3. The lowest BCUT2D eigenvalue weighted by atomic mass is 10.1. The first-order chi connectivity index (χ1) is 17.9. The van der Waals surface area contributed by atoms with Crippen molar-refractivity contribution in [1.29, 1.82) is 0 Å². The van der Waals surface area contributed by atoms with Gasteiger partial charge in [-0.15, -0.1) is 6.58 Å². The van der Waals surface area contributed by atoms with E-state index in [0.29, 0.717) is 24.4 Å². The monoisotopic (exact) mass is 517 g/mol. The van der Waals surface area contributed by atoms with Gasteiger partial charge in [0.25, 0.3) is 0 Å². The minimum atomic E-state index is -0.807. The minimum absolute atomic E-state index is 0.00763. The zero-order valence-corrected chi connectivity index (χ0v) is 22.1. The highest BCUT2D eigenvalue weighted by molar-refractivity contribution is 7.80. The molecule has 8 heteroatoms. The van der Waals surface area contributed by atoms with Gasteiger partial charge < -0.3 is 19.5 Å². The molecule has 1 aromatic heterocycles. The smallest absolute Gasteiger partial charge is 0.332 e. The maximum Gasteiger partial charge on any atom is 0.332 e. The normalized spacial score (nSPS) is 24.9. The zero-order chi connectivity index (χ0) is 26.2. The van der Waals surface area contributed by atoms with Crippen LogP contribution in [0.5, 0.6) is 11.5 Å². The number of hydrogen-bond donors (Lipinski definition) is 1. The Morgan fingerprint density at radius 2 is 2.00 bits per heavy atom. The van der Waals surface area contributed by atoms with E-state index < -0.39 is 5.54 Å². The molecule has 1 unspecified atom stereocenters. The summed E-state index contributed by atoms with van der Waals surface area (Å²) in [6.45, 7) is 4.54. The van der Waals surface area contributed by atoms with Crippen LogP contribution in [0.2, 0.25) is 0 Å². The molecule has 2 fully saturated rings. The summed E-state index contributed by atoms with van der Waals surface area (Å²) in [7, 11) is 5.07. The molecule has 1 aliphatic heterocycles. The Bertz CT molecular complexity index is 1350. The summed E-state index contributed by atoms with van der Waals surface area (Å²) in [4.78, 5) is 20.1. The quantitative estimate of drug-likeness (QED) is 0.268. The van der Waals surface area contributed by atoms with Crippen molar-refractivity contribution in [1.82, 2.24) is 15.2 Å². The van der Waals surface area contributed by atoms with Gasteiger partial charge in [-0.25, -0.2) is 9.78 Å². The maximum absolute atomic E-state index is 12.5. The lowest BCUT2D eigenvalue weighted by Gasteiger charge is -2.25. The number of nitrogens with zero attached hydrogens (tertiary/aromatic N) is 2. The number of aromatic nitrogens is 1. The van der Waals surface area contributed by atoms with Crippen molar-refractivity contribution in [2.24, 2.45) is 5.92 Å². The Hall–Kier alpha value is -3.49. The lowest BCUT2D eigenvalue weighted by Crippen LogP contribution is -2.50. The maximum atomic E-state index is 12.5. The topological polar surface area (TPSA) is 72.9 Å². The number of carbonyl (C=O) groups is 1. The molecule has 2 aromatic carbocycles. The molecule has 1 saturated carbocycles. The molecule has 7 nitrogen and oxygen atoms in total. The van der Waals surface area contributed by atoms with Crippen LogP contribution >= 0.6 is 12.2 Å². The molecular formula is C29H31N3O4S. The van der Waals surface area contributed by atoms with Gasteiger partial charge in [-0.1, -0.05) is 48.6 Å². The summed E-state index contributed by atoms with van der Waals surface area (Å²) in [5.74, 6) is 1.21. The van der Waals surface area contributed by atoms with E-state index in [1.165, 1.54) is 7.11 Å². The van der Waals surface area contributed by atoms with Gasteiger partial charge in [-0.2, -0.15) is 0 Å². The number of benzene rings is 2. The van der Waals surface area contributed by atoms with Crippen LogP contribution in [0.3, 0.4) is 0 Å². The number of likely N-dealkylation sites (tertiary alicyclic amines) is 1. The predicted octanol–water partition coefficient (Wildman–Crippen LogP) is 4.40. The number of methoxy groups -OCH3 is 2. The van der Waals surface area contributed by atoms with Crippen LogP contribution < -0.4 is 14.8 Å². The first-order valence-electron chi connectivity index (χ1n) is 12.3. The summed E-state index contributed by atoms with van der Waals surface area (Å²) in [5.41, 5.74) is 1.84. The molecule has 0 radical (unpaired) electrons. The van der Waals surface area contributed by atoms with Crippen LogP contribution in [0.1, 0.15) is 12.8 Å². The molecule has 4 atom stereocenters. The SMILES string of the molecule is C=CC1C[C@]1(NC(=S)[C@@H]1C[C@@H](Oc2cc(-c3ccccc3)nc3cc(OC)ccc23)CN1C)C(=O)OC. The molecule has 192 valence electrons. The van der Waals surface area contributed by atoms with Crippen LogP contribution in [0.15, 0.2) is 67.3 Å². The Balaban J connectivity index is 1.38. The number of likely N-dealkylation sites (N-methyl/N-ethyl adjacent to an activating group) is 1. The Labute approximate surface area is 222 Å². The van der Waals surface area contributed by atoms with E-state index in [4.69, 9.17) is 31.4 Å². The molecule has 0 spiro atoms. The molecule has 2 heterocycles. The highest BCUT2D eigenvalue weighted by Crippen LogP contribution is 2.45. The van der Waals surface area contributed by atoms with Crippen molar-refractivity contribution in [3.63, 3.8) is 0 Å². The number of thiocarbonyl (C=S) groups is 1.